The Labute approximate surface area is 106 Å². The van der Waals surface area contributed by atoms with E-state index in [1.165, 1.54) is 17.8 Å². The van der Waals surface area contributed by atoms with Crippen molar-refractivity contribution in [3.63, 3.8) is 0 Å². The number of carbonyl (C=O) groups is 1. The van der Waals surface area contributed by atoms with Gasteiger partial charge in [-0.25, -0.2) is 0 Å². The van der Waals surface area contributed by atoms with Crippen LogP contribution in [0.5, 0.6) is 0 Å². The Balaban J connectivity index is 1.90. The highest BCUT2D eigenvalue weighted by molar-refractivity contribution is 7.08. The quantitative estimate of drug-likeness (QED) is 0.869. The maximum atomic E-state index is 11.9. The molecule has 1 heterocycles. The number of hydrogen-bond donors (Lipinski definition) is 2. The molecule has 0 radical (unpaired) electrons. The van der Waals surface area contributed by atoms with Crippen molar-refractivity contribution in [1.29, 1.82) is 0 Å². The number of nitrogens with one attached hydrogen (secondary N) is 1. The van der Waals surface area contributed by atoms with E-state index in [9.17, 15) is 9.90 Å². The molecule has 0 aliphatic heterocycles. The first-order chi connectivity index (χ1) is 8.11. The lowest BCUT2D eigenvalue weighted by Crippen LogP contribution is -2.44. The van der Waals surface area contributed by atoms with Crippen molar-refractivity contribution < 1.29 is 9.90 Å². The first-order valence-electron chi connectivity index (χ1n) is 6.14. The predicted molar refractivity (Wildman–Crippen MR) is 69.4 cm³/mol. The summed E-state index contributed by atoms with van der Waals surface area (Å²) < 4.78 is 0. The summed E-state index contributed by atoms with van der Waals surface area (Å²) in [6, 6.07) is 0. The lowest BCUT2D eigenvalue weighted by Gasteiger charge is -2.32. The third-order valence-electron chi connectivity index (χ3n) is 3.46. The smallest absolute Gasteiger partial charge is 0.252 e. The van der Waals surface area contributed by atoms with Gasteiger partial charge in [0, 0.05) is 11.9 Å². The number of amides is 1. The highest BCUT2D eigenvalue weighted by Crippen LogP contribution is 2.27. The van der Waals surface area contributed by atoms with E-state index in [1.54, 1.807) is 0 Å². The number of rotatable bonds is 3. The zero-order valence-corrected chi connectivity index (χ0v) is 11.0. The number of thiophene rings is 1. The van der Waals surface area contributed by atoms with Gasteiger partial charge in [0.1, 0.15) is 0 Å². The molecule has 1 aliphatic rings. The van der Waals surface area contributed by atoms with E-state index in [0.717, 1.165) is 36.8 Å². The molecule has 2 rings (SSSR count). The summed E-state index contributed by atoms with van der Waals surface area (Å²) in [6.45, 7) is 2.31. The number of hydrogen-bond acceptors (Lipinski definition) is 3. The van der Waals surface area contributed by atoms with Crippen molar-refractivity contribution in [2.75, 3.05) is 6.54 Å². The van der Waals surface area contributed by atoms with Crippen LogP contribution in [0.25, 0.3) is 0 Å². The molecule has 0 bridgehead atoms. The fraction of sp³-hybridized carbons (Fsp3) is 0.615. The average molecular weight is 253 g/mol. The van der Waals surface area contributed by atoms with E-state index in [2.05, 4.69) is 5.32 Å². The van der Waals surface area contributed by atoms with Gasteiger partial charge in [-0.05, 0) is 30.7 Å². The van der Waals surface area contributed by atoms with Gasteiger partial charge in [-0.2, -0.15) is 11.3 Å². The monoisotopic (exact) mass is 253 g/mol. The van der Waals surface area contributed by atoms with Crippen LogP contribution in [0.15, 0.2) is 10.8 Å². The Hall–Kier alpha value is -0.870. The Morgan fingerprint density at radius 2 is 2.12 bits per heavy atom. The third-order valence-corrected chi connectivity index (χ3v) is 4.32. The molecule has 0 spiro atoms. The molecule has 0 aromatic carbocycles. The van der Waals surface area contributed by atoms with Crippen LogP contribution in [-0.4, -0.2) is 23.2 Å². The number of aliphatic hydroxyl groups is 1. The molecule has 4 heteroatoms. The fourth-order valence-electron chi connectivity index (χ4n) is 2.32. The molecule has 1 aromatic heterocycles. The maximum absolute atomic E-state index is 11.9. The van der Waals surface area contributed by atoms with E-state index in [-0.39, 0.29) is 5.91 Å². The first-order valence-corrected chi connectivity index (χ1v) is 7.08. The van der Waals surface area contributed by atoms with Crippen molar-refractivity contribution in [2.24, 2.45) is 0 Å². The van der Waals surface area contributed by atoms with Crippen LogP contribution in [0, 0.1) is 6.92 Å². The SMILES string of the molecule is Cc1cscc1C(=O)NCC1(O)CCCCC1. The Morgan fingerprint density at radius 3 is 2.71 bits per heavy atom. The van der Waals surface area contributed by atoms with E-state index < -0.39 is 5.60 Å². The van der Waals surface area contributed by atoms with Gasteiger partial charge in [-0.3, -0.25) is 4.79 Å². The van der Waals surface area contributed by atoms with E-state index >= 15 is 0 Å². The van der Waals surface area contributed by atoms with Crippen LogP contribution < -0.4 is 5.32 Å². The highest BCUT2D eigenvalue weighted by Gasteiger charge is 2.29. The summed E-state index contributed by atoms with van der Waals surface area (Å²) in [5.74, 6) is -0.0669. The lowest BCUT2D eigenvalue weighted by molar-refractivity contribution is 0.00525. The van der Waals surface area contributed by atoms with Gasteiger partial charge in [0.2, 0.25) is 0 Å². The van der Waals surface area contributed by atoms with Gasteiger partial charge in [0.15, 0.2) is 0 Å². The highest BCUT2D eigenvalue weighted by atomic mass is 32.1. The van der Waals surface area contributed by atoms with Crippen LogP contribution in [0.4, 0.5) is 0 Å². The molecule has 17 heavy (non-hydrogen) atoms. The minimum atomic E-state index is -0.683. The van der Waals surface area contributed by atoms with Gasteiger partial charge in [-0.1, -0.05) is 19.3 Å². The summed E-state index contributed by atoms with van der Waals surface area (Å²) in [6.07, 6.45) is 4.92. The second-order valence-corrected chi connectivity index (χ2v) is 5.68. The number of aryl methyl sites for hydroxylation is 1. The largest absolute Gasteiger partial charge is 0.388 e. The number of carbonyl (C=O) groups excluding carboxylic acids is 1. The molecule has 1 aliphatic carbocycles. The van der Waals surface area contributed by atoms with E-state index in [4.69, 9.17) is 0 Å². The van der Waals surface area contributed by atoms with Crippen LogP contribution in [0.1, 0.15) is 48.0 Å². The van der Waals surface area contributed by atoms with Gasteiger partial charge in [0.25, 0.3) is 5.91 Å². The molecular formula is C13H19NO2S. The maximum Gasteiger partial charge on any atom is 0.252 e. The van der Waals surface area contributed by atoms with Crippen molar-refractivity contribution >= 4 is 17.2 Å². The second-order valence-electron chi connectivity index (χ2n) is 4.94. The van der Waals surface area contributed by atoms with Crippen molar-refractivity contribution in [3.05, 3.63) is 21.9 Å². The summed E-state index contributed by atoms with van der Waals surface area (Å²) in [4.78, 5) is 11.9. The van der Waals surface area contributed by atoms with Crippen LogP contribution in [0.2, 0.25) is 0 Å². The molecular weight excluding hydrogens is 234 g/mol. The molecule has 1 amide bonds. The molecule has 0 unspecified atom stereocenters. The topological polar surface area (TPSA) is 49.3 Å². The summed E-state index contributed by atoms with van der Waals surface area (Å²) in [5, 5.41) is 16.9. The predicted octanol–water partition coefficient (Wildman–Crippen LogP) is 2.48. The third kappa shape index (κ3) is 3.07. The molecule has 3 nitrogen and oxygen atoms in total. The normalized spacial score (nSPS) is 18.9. The van der Waals surface area contributed by atoms with Gasteiger partial charge in [-0.15, -0.1) is 0 Å². The molecule has 94 valence electrons. The van der Waals surface area contributed by atoms with Gasteiger partial charge < -0.3 is 10.4 Å². The zero-order valence-electron chi connectivity index (χ0n) is 10.2. The standard InChI is InChI=1S/C13H19NO2S/c1-10-7-17-8-11(10)12(15)14-9-13(16)5-3-2-4-6-13/h7-8,16H,2-6,9H2,1H3,(H,14,15). The van der Waals surface area contributed by atoms with Crippen molar-refractivity contribution in [1.82, 2.24) is 5.32 Å². The zero-order chi connectivity index (χ0) is 12.3. The second kappa shape index (κ2) is 5.19. The Bertz CT molecular complexity index is 394. The van der Waals surface area contributed by atoms with Gasteiger partial charge in [0.05, 0.1) is 11.2 Å². The average Bonchev–Trinajstić information content (AvgIpc) is 2.74. The minimum absolute atomic E-state index is 0.0669. The lowest BCUT2D eigenvalue weighted by atomic mass is 9.85. The van der Waals surface area contributed by atoms with Crippen molar-refractivity contribution in [2.45, 2.75) is 44.6 Å². The molecule has 1 saturated carbocycles. The molecule has 1 aromatic rings. The van der Waals surface area contributed by atoms with Crippen LogP contribution in [-0.2, 0) is 0 Å². The Morgan fingerprint density at radius 1 is 1.41 bits per heavy atom. The fourth-order valence-corrected chi connectivity index (χ4v) is 3.15. The Kier molecular flexibility index (Phi) is 3.84. The summed E-state index contributed by atoms with van der Waals surface area (Å²) >= 11 is 1.53. The van der Waals surface area contributed by atoms with E-state index in [1.807, 2.05) is 17.7 Å². The van der Waals surface area contributed by atoms with Gasteiger partial charge >= 0.3 is 0 Å². The summed E-state index contributed by atoms with van der Waals surface area (Å²) in [7, 11) is 0. The van der Waals surface area contributed by atoms with Crippen molar-refractivity contribution in [3.8, 4) is 0 Å². The molecule has 2 N–H and O–H groups in total. The van der Waals surface area contributed by atoms with Crippen LogP contribution in [0.3, 0.4) is 0 Å². The first kappa shape index (κ1) is 12.6. The minimum Gasteiger partial charge on any atom is -0.388 e. The molecule has 1 fully saturated rings. The molecule has 0 saturated heterocycles. The van der Waals surface area contributed by atoms with Crippen LogP contribution >= 0.6 is 11.3 Å². The van der Waals surface area contributed by atoms with E-state index in [0.29, 0.717) is 6.54 Å². The molecule has 0 atom stereocenters. The summed E-state index contributed by atoms with van der Waals surface area (Å²) in [5.41, 5.74) is 1.05.